The van der Waals surface area contributed by atoms with E-state index in [0.717, 1.165) is 11.3 Å². The molecular weight excluding hydrogens is 297 g/mol. The van der Waals surface area contributed by atoms with E-state index in [4.69, 9.17) is 9.47 Å². The first-order valence-corrected chi connectivity index (χ1v) is 7.59. The van der Waals surface area contributed by atoms with Crippen LogP contribution in [0.15, 0.2) is 42.5 Å². The molecule has 0 saturated heterocycles. The van der Waals surface area contributed by atoms with Crippen molar-refractivity contribution < 1.29 is 19.0 Å². The van der Waals surface area contributed by atoms with Crippen molar-refractivity contribution in [2.45, 2.75) is 18.5 Å². The number of hydrogen-bond donors (Lipinski definition) is 2. The zero-order valence-electron chi connectivity index (χ0n) is 13.0. The Kier molecular flexibility index (Phi) is 4.50. The van der Waals surface area contributed by atoms with Crippen LogP contribution in [0.3, 0.4) is 0 Å². The molecule has 0 spiro atoms. The average molecular weight is 317 g/mol. The molecule has 0 bridgehead atoms. The van der Waals surface area contributed by atoms with E-state index in [0.29, 0.717) is 24.3 Å². The standard InChI is InChI=1S/C18H20FNO3/c1-22-14-6-7-16(19)13(10-14)11-20-18(12-21)8-9-23-17-5-3-2-4-15(17)18/h2-7,10,20-21H,8-9,11-12H2,1H3. The molecule has 23 heavy (non-hydrogen) atoms. The molecule has 1 unspecified atom stereocenters. The third-order valence-electron chi connectivity index (χ3n) is 4.33. The molecule has 2 aromatic carbocycles. The van der Waals surface area contributed by atoms with Crippen molar-refractivity contribution in [3.05, 3.63) is 59.4 Å². The Morgan fingerprint density at radius 1 is 1.30 bits per heavy atom. The summed E-state index contributed by atoms with van der Waals surface area (Å²) in [4.78, 5) is 0. The van der Waals surface area contributed by atoms with Crippen LogP contribution in [0.4, 0.5) is 4.39 Å². The molecule has 5 heteroatoms. The Balaban J connectivity index is 1.87. The van der Waals surface area contributed by atoms with Crippen LogP contribution >= 0.6 is 0 Å². The second-order valence-electron chi connectivity index (χ2n) is 5.65. The second kappa shape index (κ2) is 6.56. The summed E-state index contributed by atoms with van der Waals surface area (Å²) >= 11 is 0. The van der Waals surface area contributed by atoms with E-state index in [-0.39, 0.29) is 19.0 Å². The molecule has 0 aliphatic carbocycles. The van der Waals surface area contributed by atoms with E-state index in [1.54, 1.807) is 19.2 Å². The molecular formula is C18H20FNO3. The van der Waals surface area contributed by atoms with Crippen LogP contribution in [0.5, 0.6) is 11.5 Å². The lowest BCUT2D eigenvalue weighted by molar-refractivity contribution is 0.105. The van der Waals surface area contributed by atoms with Crippen LogP contribution in [0, 0.1) is 5.82 Å². The minimum atomic E-state index is -0.635. The molecule has 2 aromatic rings. The van der Waals surface area contributed by atoms with Crippen LogP contribution in [0.25, 0.3) is 0 Å². The lowest BCUT2D eigenvalue weighted by Crippen LogP contribution is -2.48. The van der Waals surface area contributed by atoms with Gasteiger partial charge in [-0.2, -0.15) is 0 Å². The van der Waals surface area contributed by atoms with Gasteiger partial charge in [0.2, 0.25) is 0 Å². The monoisotopic (exact) mass is 317 g/mol. The van der Waals surface area contributed by atoms with Crippen molar-refractivity contribution in [2.24, 2.45) is 0 Å². The fraction of sp³-hybridized carbons (Fsp3) is 0.333. The number of hydrogen-bond acceptors (Lipinski definition) is 4. The molecule has 0 fully saturated rings. The number of para-hydroxylation sites is 1. The lowest BCUT2D eigenvalue weighted by Gasteiger charge is -2.38. The summed E-state index contributed by atoms with van der Waals surface area (Å²) in [6.45, 7) is 0.710. The molecule has 3 rings (SSSR count). The average Bonchev–Trinajstić information content (AvgIpc) is 2.61. The maximum atomic E-state index is 14.0. The summed E-state index contributed by atoms with van der Waals surface area (Å²) in [7, 11) is 1.55. The maximum Gasteiger partial charge on any atom is 0.127 e. The largest absolute Gasteiger partial charge is 0.497 e. The predicted octanol–water partition coefficient (Wildman–Crippen LogP) is 2.59. The highest BCUT2D eigenvalue weighted by Gasteiger charge is 2.36. The van der Waals surface area contributed by atoms with E-state index in [2.05, 4.69) is 5.32 Å². The Hall–Kier alpha value is -2.11. The van der Waals surface area contributed by atoms with Crippen molar-refractivity contribution >= 4 is 0 Å². The number of aliphatic hydroxyl groups excluding tert-OH is 1. The van der Waals surface area contributed by atoms with Crippen molar-refractivity contribution in [2.75, 3.05) is 20.3 Å². The van der Waals surface area contributed by atoms with Gasteiger partial charge in [0.25, 0.3) is 0 Å². The number of fused-ring (bicyclic) bond motifs is 1. The first kappa shape index (κ1) is 15.8. The number of nitrogens with one attached hydrogen (secondary N) is 1. The van der Waals surface area contributed by atoms with Gasteiger partial charge in [-0.15, -0.1) is 0 Å². The quantitative estimate of drug-likeness (QED) is 0.890. The van der Waals surface area contributed by atoms with Crippen molar-refractivity contribution in [3.8, 4) is 11.5 Å². The lowest BCUT2D eigenvalue weighted by atomic mass is 9.85. The Bertz CT molecular complexity index is 692. The van der Waals surface area contributed by atoms with Gasteiger partial charge in [0.05, 0.1) is 25.9 Å². The van der Waals surface area contributed by atoms with Crippen LogP contribution < -0.4 is 14.8 Å². The highest BCUT2D eigenvalue weighted by molar-refractivity contribution is 5.41. The van der Waals surface area contributed by atoms with Gasteiger partial charge < -0.3 is 19.9 Å². The van der Waals surface area contributed by atoms with Gasteiger partial charge in [-0.05, 0) is 24.3 Å². The summed E-state index contributed by atoms with van der Waals surface area (Å²) in [6.07, 6.45) is 0.617. The molecule has 0 amide bonds. The summed E-state index contributed by atoms with van der Waals surface area (Å²) in [5, 5.41) is 13.3. The van der Waals surface area contributed by atoms with Gasteiger partial charge in [-0.25, -0.2) is 4.39 Å². The van der Waals surface area contributed by atoms with E-state index in [1.165, 1.54) is 6.07 Å². The van der Waals surface area contributed by atoms with Gasteiger partial charge in [0.1, 0.15) is 17.3 Å². The number of rotatable bonds is 5. The van der Waals surface area contributed by atoms with Crippen molar-refractivity contribution in [1.29, 1.82) is 0 Å². The Morgan fingerprint density at radius 3 is 2.91 bits per heavy atom. The smallest absolute Gasteiger partial charge is 0.127 e. The fourth-order valence-electron chi connectivity index (χ4n) is 2.94. The third-order valence-corrected chi connectivity index (χ3v) is 4.33. The zero-order chi connectivity index (χ0) is 16.3. The molecule has 122 valence electrons. The van der Waals surface area contributed by atoms with E-state index in [1.807, 2.05) is 24.3 Å². The minimum absolute atomic E-state index is 0.0844. The number of aliphatic hydroxyl groups is 1. The predicted molar refractivity (Wildman–Crippen MR) is 85.1 cm³/mol. The first-order chi connectivity index (χ1) is 11.2. The van der Waals surface area contributed by atoms with Crippen LogP contribution in [-0.4, -0.2) is 25.4 Å². The molecule has 0 aromatic heterocycles. The molecule has 1 aliphatic rings. The summed E-state index contributed by atoms with van der Waals surface area (Å²) in [5.74, 6) is 1.06. The van der Waals surface area contributed by atoms with E-state index in [9.17, 15) is 9.50 Å². The van der Waals surface area contributed by atoms with Crippen LogP contribution in [-0.2, 0) is 12.1 Å². The van der Waals surface area contributed by atoms with E-state index < -0.39 is 5.54 Å². The van der Waals surface area contributed by atoms with Gasteiger partial charge in [-0.3, -0.25) is 0 Å². The van der Waals surface area contributed by atoms with Gasteiger partial charge in [-0.1, -0.05) is 18.2 Å². The number of methoxy groups -OCH3 is 1. The molecule has 1 atom stereocenters. The first-order valence-electron chi connectivity index (χ1n) is 7.59. The Labute approximate surface area is 134 Å². The number of ether oxygens (including phenoxy) is 2. The highest BCUT2D eigenvalue weighted by atomic mass is 19.1. The van der Waals surface area contributed by atoms with Gasteiger partial charge >= 0.3 is 0 Å². The van der Waals surface area contributed by atoms with Gasteiger partial charge in [0.15, 0.2) is 0 Å². The molecule has 0 radical (unpaired) electrons. The summed E-state index contributed by atoms with van der Waals surface area (Å²) < 4.78 is 24.8. The van der Waals surface area contributed by atoms with E-state index >= 15 is 0 Å². The second-order valence-corrected chi connectivity index (χ2v) is 5.65. The molecule has 2 N–H and O–H groups in total. The number of benzene rings is 2. The Morgan fingerprint density at radius 2 is 2.13 bits per heavy atom. The highest BCUT2D eigenvalue weighted by Crippen LogP contribution is 2.37. The molecule has 1 aliphatic heterocycles. The minimum Gasteiger partial charge on any atom is -0.497 e. The third kappa shape index (κ3) is 3.02. The zero-order valence-corrected chi connectivity index (χ0v) is 13.0. The molecule has 1 heterocycles. The topological polar surface area (TPSA) is 50.7 Å². The van der Waals surface area contributed by atoms with Crippen LogP contribution in [0.1, 0.15) is 17.5 Å². The fourth-order valence-corrected chi connectivity index (χ4v) is 2.94. The number of halogens is 1. The molecule has 4 nitrogen and oxygen atoms in total. The van der Waals surface area contributed by atoms with Crippen LogP contribution in [0.2, 0.25) is 0 Å². The normalized spacial score (nSPS) is 19.8. The maximum absolute atomic E-state index is 14.0. The van der Waals surface area contributed by atoms with Gasteiger partial charge in [0, 0.05) is 24.1 Å². The summed E-state index contributed by atoms with van der Waals surface area (Å²) in [5.41, 5.74) is 0.767. The van der Waals surface area contributed by atoms with Crippen molar-refractivity contribution in [1.82, 2.24) is 5.32 Å². The SMILES string of the molecule is COc1ccc(F)c(CNC2(CO)CCOc3ccccc32)c1. The summed E-state index contributed by atoms with van der Waals surface area (Å²) in [6, 6.07) is 12.3. The van der Waals surface area contributed by atoms with Crippen molar-refractivity contribution in [3.63, 3.8) is 0 Å². The molecule has 0 saturated carbocycles.